The number of hydrogen-bond acceptors (Lipinski definition) is 3. The summed E-state index contributed by atoms with van der Waals surface area (Å²) in [5.74, 6) is -1.07. The molecule has 1 amide bonds. The van der Waals surface area contributed by atoms with E-state index in [1.165, 1.54) is 11.8 Å². The third-order valence-corrected chi connectivity index (χ3v) is 3.77. The fourth-order valence-corrected chi connectivity index (χ4v) is 2.14. The molecular weight excluding hydrogens is 286 g/mol. The molecule has 0 aliphatic heterocycles. The van der Waals surface area contributed by atoms with Crippen LogP contribution in [-0.4, -0.2) is 29.3 Å². The minimum absolute atomic E-state index is 0.0995. The minimum Gasteiger partial charge on any atom is -0.481 e. The van der Waals surface area contributed by atoms with Gasteiger partial charge < -0.3 is 10.4 Å². The van der Waals surface area contributed by atoms with Crippen molar-refractivity contribution in [3.63, 3.8) is 0 Å². The molecule has 4 nitrogen and oxygen atoms in total. The Hall–Kier alpha value is -1.20. The Morgan fingerprint density at radius 3 is 2.58 bits per heavy atom. The lowest BCUT2D eigenvalue weighted by Crippen LogP contribution is -2.28. The van der Waals surface area contributed by atoms with Gasteiger partial charge in [0.15, 0.2) is 0 Å². The van der Waals surface area contributed by atoms with Crippen molar-refractivity contribution < 1.29 is 14.7 Å². The van der Waals surface area contributed by atoms with Crippen LogP contribution in [0.2, 0.25) is 5.02 Å². The number of rotatable bonds is 7. The van der Waals surface area contributed by atoms with Crippen molar-refractivity contribution in [2.24, 2.45) is 5.92 Å². The molecule has 1 aromatic rings. The van der Waals surface area contributed by atoms with Crippen LogP contribution < -0.4 is 5.32 Å². The van der Waals surface area contributed by atoms with Crippen molar-refractivity contribution in [2.75, 3.05) is 12.3 Å². The number of halogens is 1. The zero-order valence-electron chi connectivity index (χ0n) is 10.6. The molecule has 1 unspecified atom stereocenters. The van der Waals surface area contributed by atoms with Gasteiger partial charge in [0.25, 0.3) is 0 Å². The fourth-order valence-electron chi connectivity index (χ4n) is 1.28. The number of carbonyl (C=O) groups is 2. The molecule has 2 N–H and O–H groups in total. The maximum Gasteiger partial charge on any atom is 0.306 e. The lowest BCUT2D eigenvalue weighted by Gasteiger charge is -2.07. The van der Waals surface area contributed by atoms with Gasteiger partial charge in [0.1, 0.15) is 0 Å². The van der Waals surface area contributed by atoms with E-state index in [0.29, 0.717) is 23.7 Å². The van der Waals surface area contributed by atoms with Crippen LogP contribution in [0, 0.1) is 5.92 Å². The fraction of sp³-hybridized carbons (Fsp3) is 0.385. The van der Waals surface area contributed by atoms with Gasteiger partial charge in [-0.1, -0.05) is 18.5 Å². The smallest absolute Gasteiger partial charge is 0.306 e. The molecule has 0 spiro atoms. The third-order valence-electron chi connectivity index (χ3n) is 2.50. The van der Waals surface area contributed by atoms with E-state index in [2.05, 4.69) is 5.32 Å². The molecule has 0 saturated carbocycles. The number of carboxylic acids is 1. The van der Waals surface area contributed by atoms with Gasteiger partial charge >= 0.3 is 5.97 Å². The van der Waals surface area contributed by atoms with E-state index in [1.54, 1.807) is 19.1 Å². The SMILES string of the molecule is CC(CCNC(=O)CSc1ccc(Cl)cc1)C(=O)O. The summed E-state index contributed by atoms with van der Waals surface area (Å²) in [6, 6.07) is 7.26. The van der Waals surface area contributed by atoms with E-state index in [-0.39, 0.29) is 5.91 Å². The van der Waals surface area contributed by atoms with Gasteiger partial charge in [-0.2, -0.15) is 0 Å². The molecule has 1 rings (SSSR count). The topological polar surface area (TPSA) is 66.4 Å². The molecule has 0 heterocycles. The monoisotopic (exact) mass is 301 g/mol. The Morgan fingerprint density at radius 2 is 2.00 bits per heavy atom. The highest BCUT2D eigenvalue weighted by Gasteiger charge is 2.10. The number of carbonyl (C=O) groups excluding carboxylic acids is 1. The van der Waals surface area contributed by atoms with E-state index < -0.39 is 11.9 Å². The standard InChI is InChI=1S/C13H16ClNO3S/c1-9(13(17)18)6-7-15-12(16)8-19-11-4-2-10(14)3-5-11/h2-5,9H,6-8H2,1H3,(H,15,16)(H,17,18). The average Bonchev–Trinajstić information content (AvgIpc) is 2.37. The molecular formula is C13H16ClNO3S. The molecule has 104 valence electrons. The molecule has 0 saturated heterocycles. The Labute approximate surface area is 121 Å². The van der Waals surface area contributed by atoms with Crippen LogP contribution >= 0.6 is 23.4 Å². The lowest BCUT2D eigenvalue weighted by atomic mass is 10.1. The summed E-state index contributed by atoms with van der Waals surface area (Å²) in [4.78, 5) is 23.1. The third kappa shape index (κ3) is 6.50. The number of aliphatic carboxylic acids is 1. The zero-order valence-corrected chi connectivity index (χ0v) is 12.1. The van der Waals surface area contributed by atoms with Gasteiger partial charge in [-0.05, 0) is 30.7 Å². The molecule has 0 bridgehead atoms. The Morgan fingerprint density at radius 1 is 1.37 bits per heavy atom. The van der Waals surface area contributed by atoms with Gasteiger partial charge in [0.2, 0.25) is 5.91 Å². The molecule has 0 aliphatic carbocycles. The van der Waals surface area contributed by atoms with Crippen molar-refractivity contribution in [3.05, 3.63) is 29.3 Å². The summed E-state index contributed by atoms with van der Waals surface area (Å²) in [5.41, 5.74) is 0. The van der Waals surface area contributed by atoms with Crippen molar-refractivity contribution in [3.8, 4) is 0 Å². The molecule has 0 aromatic heterocycles. The second-order valence-corrected chi connectivity index (χ2v) is 5.61. The van der Waals surface area contributed by atoms with Crippen molar-refractivity contribution in [2.45, 2.75) is 18.2 Å². The molecule has 6 heteroatoms. The number of thioether (sulfide) groups is 1. The highest BCUT2D eigenvalue weighted by atomic mass is 35.5. The van der Waals surface area contributed by atoms with Gasteiger partial charge in [-0.25, -0.2) is 0 Å². The number of hydrogen-bond donors (Lipinski definition) is 2. The molecule has 1 atom stereocenters. The van der Waals surface area contributed by atoms with Crippen molar-refractivity contribution in [1.82, 2.24) is 5.32 Å². The highest BCUT2D eigenvalue weighted by molar-refractivity contribution is 8.00. The summed E-state index contributed by atoms with van der Waals surface area (Å²) in [6.45, 7) is 2.00. The van der Waals surface area contributed by atoms with Crippen LogP contribution in [0.15, 0.2) is 29.2 Å². The summed E-state index contributed by atoms with van der Waals surface area (Å²) in [5, 5.41) is 12.1. The zero-order chi connectivity index (χ0) is 14.3. The van der Waals surface area contributed by atoms with Crippen molar-refractivity contribution in [1.29, 1.82) is 0 Å². The summed E-state index contributed by atoms with van der Waals surface area (Å²) in [6.07, 6.45) is 0.437. The van der Waals surface area contributed by atoms with E-state index in [9.17, 15) is 9.59 Å². The highest BCUT2D eigenvalue weighted by Crippen LogP contribution is 2.19. The van der Waals surface area contributed by atoms with Crippen LogP contribution in [0.4, 0.5) is 0 Å². The largest absolute Gasteiger partial charge is 0.481 e. The van der Waals surface area contributed by atoms with Crippen LogP contribution in [0.25, 0.3) is 0 Å². The Bertz CT molecular complexity index is 436. The van der Waals surface area contributed by atoms with E-state index in [4.69, 9.17) is 16.7 Å². The van der Waals surface area contributed by atoms with E-state index in [1.807, 2.05) is 12.1 Å². The van der Waals surface area contributed by atoms with Crippen LogP contribution in [-0.2, 0) is 9.59 Å². The first kappa shape index (κ1) is 15.9. The normalized spacial score (nSPS) is 11.9. The predicted octanol–water partition coefficient (Wildman–Crippen LogP) is 2.66. The van der Waals surface area contributed by atoms with Crippen LogP contribution in [0.5, 0.6) is 0 Å². The molecule has 0 aliphatic rings. The predicted molar refractivity (Wildman–Crippen MR) is 76.6 cm³/mol. The second kappa shape index (κ2) is 8.07. The first-order valence-electron chi connectivity index (χ1n) is 5.87. The van der Waals surface area contributed by atoms with Gasteiger partial charge in [-0.15, -0.1) is 11.8 Å². The number of benzene rings is 1. The quantitative estimate of drug-likeness (QED) is 0.760. The Balaban J connectivity index is 2.21. The maximum absolute atomic E-state index is 11.5. The molecule has 0 radical (unpaired) electrons. The van der Waals surface area contributed by atoms with E-state index >= 15 is 0 Å². The number of carboxylic acid groups (broad SMARTS) is 1. The summed E-state index contributed by atoms with van der Waals surface area (Å²) < 4.78 is 0. The van der Waals surface area contributed by atoms with E-state index in [0.717, 1.165) is 4.90 Å². The van der Waals surface area contributed by atoms with Gasteiger partial charge in [0, 0.05) is 16.5 Å². The first-order chi connectivity index (χ1) is 8.99. The Kier molecular flexibility index (Phi) is 6.73. The van der Waals surface area contributed by atoms with Gasteiger partial charge in [-0.3, -0.25) is 9.59 Å². The van der Waals surface area contributed by atoms with Crippen LogP contribution in [0.3, 0.4) is 0 Å². The maximum atomic E-state index is 11.5. The minimum atomic E-state index is -0.843. The molecule has 1 aromatic carbocycles. The first-order valence-corrected chi connectivity index (χ1v) is 7.23. The number of nitrogens with one attached hydrogen (secondary N) is 1. The summed E-state index contributed by atoms with van der Waals surface area (Å²) in [7, 11) is 0. The van der Waals surface area contributed by atoms with Crippen LogP contribution in [0.1, 0.15) is 13.3 Å². The van der Waals surface area contributed by atoms with Gasteiger partial charge in [0.05, 0.1) is 11.7 Å². The number of amides is 1. The lowest BCUT2D eigenvalue weighted by molar-refractivity contribution is -0.141. The van der Waals surface area contributed by atoms with Crippen molar-refractivity contribution >= 4 is 35.2 Å². The average molecular weight is 302 g/mol. The molecule has 0 fully saturated rings. The summed E-state index contributed by atoms with van der Waals surface area (Å²) >= 11 is 7.18. The molecule has 19 heavy (non-hydrogen) atoms. The second-order valence-electron chi connectivity index (χ2n) is 4.12.